The first-order chi connectivity index (χ1) is 7.40. The number of hydrogen-bond acceptors (Lipinski definition) is 3. The largest absolute Gasteiger partial charge is 0.493 e. The second kappa shape index (κ2) is 4.46. The highest BCUT2D eigenvalue weighted by Crippen LogP contribution is 2.29. The minimum absolute atomic E-state index is 0.502. The Hall–Kier alpha value is -2.03. The predicted molar refractivity (Wildman–Crippen MR) is 56.1 cm³/mol. The molecule has 1 aromatic heterocycles. The van der Waals surface area contributed by atoms with E-state index in [9.17, 15) is 0 Å². The van der Waals surface area contributed by atoms with Crippen LogP contribution in [0.3, 0.4) is 0 Å². The molecule has 0 N–H and O–H groups in total. The van der Waals surface area contributed by atoms with E-state index in [1.165, 1.54) is 0 Å². The number of aromatic nitrogens is 1. The maximum atomic E-state index is 5.53. The summed E-state index contributed by atoms with van der Waals surface area (Å²) in [5.41, 5.74) is 0. The summed E-state index contributed by atoms with van der Waals surface area (Å²) in [6.45, 7) is 0. The Morgan fingerprint density at radius 2 is 1.87 bits per heavy atom. The molecule has 75 valence electrons. The van der Waals surface area contributed by atoms with Crippen molar-refractivity contribution in [2.24, 2.45) is 0 Å². The van der Waals surface area contributed by atoms with Crippen molar-refractivity contribution in [1.29, 1.82) is 0 Å². The smallest absolute Gasteiger partial charge is 0.220 e. The molecule has 0 aliphatic rings. The molecule has 0 amide bonds. The van der Waals surface area contributed by atoms with Crippen molar-refractivity contribution in [3.63, 3.8) is 0 Å². The molecule has 2 rings (SSSR count). The zero-order valence-corrected chi connectivity index (χ0v) is 8.31. The van der Waals surface area contributed by atoms with E-state index in [1.54, 1.807) is 19.2 Å². The molecule has 1 radical (unpaired) electrons. The Morgan fingerprint density at radius 1 is 1.07 bits per heavy atom. The summed E-state index contributed by atoms with van der Waals surface area (Å²) in [6, 6.07) is 12.7. The molecule has 0 saturated carbocycles. The summed E-state index contributed by atoms with van der Waals surface area (Å²) in [4.78, 5) is 3.95. The molecular weight excluding hydrogens is 190 g/mol. The van der Waals surface area contributed by atoms with Gasteiger partial charge in [0, 0.05) is 6.07 Å². The van der Waals surface area contributed by atoms with E-state index in [2.05, 4.69) is 11.2 Å². The van der Waals surface area contributed by atoms with Crippen LogP contribution in [-0.2, 0) is 0 Å². The number of para-hydroxylation sites is 2. The molecule has 0 aliphatic carbocycles. The Bertz CT molecular complexity index is 429. The summed E-state index contributed by atoms with van der Waals surface area (Å²) >= 11 is 0. The summed E-state index contributed by atoms with van der Waals surface area (Å²) < 4.78 is 10.7. The maximum Gasteiger partial charge on any atom is 0.220 e. The van der Waals surface area contributed by atoms with Crippen LogP contribution in [0.2, 0.25) is 0 Å². The summed E-state index contributed by atoms with van der Waals surface area (Å²) in [7, 11) is 1.60. The number of rotatable bonds is 3. The number of methoxy groups -OCH3 is 1. The van der Waals surface area contributed by atoms with Crippen molar-refractivity contribution < 1.29 is 9.47 Å². The standard InChI is InChI=1S/C12H10NO2/c1-14-10-6-2-3-7-11(10)15-12-8-4-5-9-13-12/h2-8H,1H3. The van der Waals surface area contributed by atoms with E-state index < -0.39 is 0 Å². The fourth-order valence-corrected chi connectivity index (χ4v) is 1.18. The first-order valence-corrected chi connectivity index (χ1v) is 4.54. The van der Waals surface area contributed by atoms with Crippen molar-refractivity contribution >= 4 is 0 Å². The van der Waals surface area contributed by atoms with Crippen LogP contribution in [-0.4, -0.2) is 12.1 Å². The number of benzene rings is 1. The highest BCUT2D eigenvalue weighted by atomic mass is 16.5. The lowest BCUT2D eigenvalue weighted by Gasteiger charge is -2.08. The van der Waals surface area contributed by atoms with Gasteiger partial charge in [-0.05, 0) is 18.2 Å². The van der Waals surface area contributed by atoms with Crippen LogP contribution in [0, 0.1) is 6.20 Å². The number of nitrogens with zero attached hydrogens (tertiary/aromatic N) is 1. The molecule has 0 unspecified atom stereocenters. The van der Waals surface area contributed by atoms with Gasteiger partial charge in [-0.3, -0.25) is 0 Å². The molecule has 2 aromatic rings. The van der Waals surface area contributed by atoms with Crippen LogP contribution in [0.15, 0.2) is 42.5 Å². The average molecular weight is 200 g/mol. The normalized spacial score (nSPS) is 9.67. The minimum Gasteiger partial charge on any atom is -0.493 e. The zero-order chi connectivity index (χ0) is 10.5. The first-order valence-electron chi connectivity index (χ1n) is 4.54. The topological polar surface area (TPSA) is 31.4 Å². The fraction of sp³-hybridized carbons (Fsp3) is 0.0833. The summed E-state index contributed by atoms with van der Waals surface area (Å²) in [6.07, 6.45) is 2.70. The number of pyridine rings is 1. The zero-order valence-electron chi connectivity index (χ0n) is 8.31. The van der Waals surface area contributed by atoms with E-state index in [4.69, 9.17) is 9.47 Å². The van der Waals surface area contributed by atoms with Gasteiger partial charge in [-0.25, -0.2) is 4.98 Å². The molecule has 1 aromatic carbocycles. The molecule has 3 heteroatoms. The van der Waals surface area contributed by atoms with Gasteiger partial charge in [-0.2, -0.15) is 0 Å². The van der Waals surface area contributed by atoms with Gasteiger partial charge in [0.15, 0.2) is 11.5 Å². The van der Waals surface area contributed by atoms with Crippen LogP contribution in [0.4, 0.5) is 0 Å². The molecule has 0 saturated heterocycles. The third-order valence-corrected chi connectivity index (χ3v) is 1.87. The highest BCUT2D eigenvalue weighted by Gasteiger charge is 2.03. The second-order valence-electron chi connectivity index (χ2n) is 2.86. The van der Waals surface area contributed by atoms with Crippen LogP contribution < -0.4 is 9.47 Å². The highest BCUT2D eigenvalue weighted by molar-refractivity contribution is 5.41. The van der Waals surface area contributed by atoms with E-state index in [0.29, 0.717) is 17.4 Å². The lowest BCUT2D eigenvalue weighted by molar-refractivity contribution is 0.374. The van der Waals surface area contributed by atoms with Crippen molar-refractivity contribution in [2.75, 3.05) is 7.11 Å². The molecule has 3 nitrogen and oxygen atoms in total. The fourth-order valence-electron chi connectivity index (χ4n) is 1.18. The van der Waals surface area contributed by atoms with Crippen molar-refractivity contribution in [3.8, 4) is 17.4 Å². The third kappa shape index (κ3) is 2.26. The van der Waals surface area contributed by atoms with E-state index in [0.717, 1.165) is 0 Å². The molecule has 1 heterocycles. The second-order valence-corrected chi connectivity index (χ2v) is 2.86. The molecule has 0 bridgehead atoms. The van der Waals surface area contributed by atoms with Gasteiger partial charge >= 0.3 is 0 Å². The van der Waals surface area contributed by atoms with Crippen LogP contribution in [0.25, 0.3) is 0 Å². The summed E-state index contributed by atoms with van der Waals surface area (Å²) in [5, 5.41) is 0. The predicted octanol–water partition coefficient (Wildman–Crippen LogP) is 2.68. The summed E-state index contributed by atoms with van der Waals surface area (Å²) in [5.74, 6) is 1.83. The average Bonchev–Trinajstić information content (AvgIpc) is 2.31. The minimum atomic E-state index is 0.502. The molecule has 0 fully saturated rings. The lowest BCUT2D eigenvalue weighted by atomic mass is 10.3. The van der Waals surface area contributed by atoms with Gasteiger partial charge in [0.05, 0.1) is 13.3 Å². The van der Waals surface area contributed by atoms with Gasteiger partial charge in [0.2, 0.25) is 5.88 Å². The quantitative estimate of drug-likeness (QED) is 0.763. The van der Waals surface area contributed by atoms with Gasteiger partial charge in [0.1, 0.15) is 0 Å². The van der Waals surface area contributed by atoms with E-state index in [-0.39, 0.29) is 0 Å². The van der Waals surface area contributed by atoms with Crippen LogP contribution in [0.1, 0.15) is 0 Å². The Balaban J connectivity index is 2.24. The van der Waals surface area contributed by atoms with E-state index in [1.807, 2.05) is 30.3 Å². The Kier molecular flexibility index (Phi) is 2.83. The van der Waals surface area contributed by atoms with Crippen molar-refractivity contribution in [2.45, 2.75) is 0 Å². The monoisotopic (exact) mass is 200 g/mol. The number of hydrogen-bond donors (Lipinski definition) is 0. The Morgan fingerprint density at radius 3 is 2.53 bits per heavy atom. The van der Waals surface area contributed by atoms with Crippen LogP contribution >= 0.6 is 0 Å². The molecule has 15 heavy (non-hydrogen) atoms. The van der Waals surface area contributed by atoms with Crippen LogP contribution in [0.5, 0.6) is 17.4 Å². The first kappa shape index (κ1) is 9.52. The lowest BCUT2D eigenvalue weighted by Crippen LogP contribution is -1.91. The van der Waals surface area contributed by atoms with Crippen molar-refractivity contribution in [3.05, 3.63) is 48.7 Å². The third-order valence-electron chi connectivity index (χ3n) is 1.87. The molecule has 0 atom stereocenters. The molecule has 0 aliphatic heterocycles. The SMILES string of the molecule is COc1ccccc1Oc1ccc[c]n1. The number of ether oxygens (including phenoxy) is 2. The van der Waals surface area contributed by atoms with Crippen molar-refractivity contribution in [1.82, 2.24) is 4.98 Å². The molecule has 0 spiro atoms. The Labute approximate surface area is 88.3 Å². The van der Waals surface area contributed by atoms with Gasteiger partial charge in [0.25, 0.3) is 0 Å². The van der Waals surface area contributed by atoms with Gasteiger partial charge in [-0.1, -0.05) is 18.2 Å². The maximum absolute atomic E-state index is 5.53. The van der Waals surface area contributed by atoms with Gasteiger partial charge < -0.3 is 9.47 Å². The van der Waals surface area contributed by atoms with Gasteiger partial charge in [-0.15, -0.1) is 0 Å². The molecular formula is C12H10NO2. The van der Waals surface area contributed by atoms with E-state index >= 15 is 0 Å².